The number of ether oxygens (including phenoxy) is 3. The predicted octanol–water partition coefficient (Wildman–Crippen LogP) is 2.29. The number of anilines is 1. The number of aromatic nitrogens is 1. The molecule has 0 saturated carbocycles. The van der Waals surface area contributed by atoms with E-state index in [-0.39, 0.29) is 5.91 Å². The molecule has 2 fully saturated rings. The van der Waals surface area contributed by atoms with Crippen LogP contribution in [-0.4, -0.2) is 57.5 Å². The monoisotopic (exact) mass is 411 g/mol. The number of hydrogen-bond donors (Lipinski definition) is 1. The zero-order valence-corrected chi connectivity index (χ0v) is 17.4. The van der Waals surface area contributed by atoms with Crippen LogP contribution in [0, 0.1) is 0 Å². The van der Waals surface area contributed by atoms with E-state index in [2.05, 4.69) is 15.2 Å². The summed E-state index contributed by atoms with van der Waals surface area (Å²) in [5.41, 5.74) is 1.43. The lowest BCUT2D eigenvalue weighted by molar-refractivity contribution is -0.130. The van der Waals surface area contributed by atoms with Gasteiger partial charge in [-0.15, -0.1) is 0 Å². The van der Waals surface area contributed by atoms with Gasteiger partial charge in [0.1, 0.15) is 11.6 Å². The van der Waals surface area contributed by atoms with Crippen molar-refractivity contribution in [3.8, 4) is 5.75 Å². The summed E-state index contributed by atoms with van der Waals surface area (Å²) in [6.45, 7) is 4.61. The van der Waals surface area contributed by atoms with Gasteiger partial charge in [0.2, 0.25) is 5.91 Å². The van der Waals surface area contributed by atoms with Crippen LogP contribution in [0.15, 0.2) is 42.6 Å². The van der Waals surface area contributed by atoms with Crippen molar-refractivity contribution in [3.63, 3.8) is 0 Å². The smallest absolute Gasteiger partial charge is 0.231 e. The van der Waals surface area contributed by atoms with Gasteiger partial charge in [-0.05, 0) is 36.6 Å². The lowest BCUT2D eigenvalue weighted by atomic mass is 9.73. The van der Waals surface area contributed by atoms with Gasteiger partial charge in [-0.3, -0.25) is 4.79 Å². The Kier molecular flexibility index (Phi) is 6.50. The average Bonchev–Trinajstić information content (AvgIpc) is 2.83. The van der Waals surface area contributed by atoms with E-state index in [9.17, 15) is 4.79 Å². The molecule has 2 aliphatic heterocycles. The van der Waals surface area contributed by atoms with Gasteiger partial charge in [-0.2, -0.15) is 0 Å². The number of carbonyl (C=O) groups is 1. The van der Waals surface area contributed by atoms with Crippen LogP contribution in [-0.2, 0) is 26.2 Å². The Hall–Kier alpha value is -2.64. The van der Waals surface area contributed by atoms with E-state index in [0.29, 0.717) is 45.8 Å². The van der Waals surface area contributed by atoms with E-state index in [0.717, 1.165) is 35.8 Å². The van der Waals surface area contributed by atoms with Crippen LogP contribution in [0.4, 0.5) is 5.82 Å². The van der Waals surface area contributed by atoms with Crippen molar-refractivity contribution in [1.82, 2.24) is 10.3 Å². The Balaban J connectivity index is 1.52. The Morgan fingerprint density at radius 1 is 1.10 bits per heavy atom. The highest BCUT2D eigenvalue weighted by molar-refractivity contribution is 5.88. The molecule has 1 aromatic carbocycles. The molecule has 0 radical (unpaired) electrons. The number of rotatable bonds is 6. The standard InChI is InChI=1S/C23H29N3O4/c1-28-20-6-4-19(5-7-20)23(8-13-29-14-9-23)22(27)25-17-18-3-2-10-24-21(18)26-11-15-30-16-12-26/h2-7,10H,8-9,11-17H2,1H3,(H,25,27). The molecular formula is C23H29N3O4. The lowest BCUT2D eigenvalue weighted by Gasteiger charge is -2.36. The van der Waals surface area contributed by atoms with Gasteiger partial charge in [-0.25, -0.2) is 4.98 Å². The molecule has 7 nitrogen and oxygen atoms in total. The van der Waals surface area contributed by atoms with E-state index in [4.69, 9.17) is 14.2 Å². The molecule has 0 atom stereocenters. The maximum atomic E-state index is 13.5. The fraction of sp³-hybridized carbons (Fsp3) is 0.478. The number of morpholine rings is 1. The molecule has 160 valence electrons. The number of nitrogens with one attached hydrogen (secondary N) is 1. The molecule has 2 aromatic rings. The third kappa shape index (κ3) is 4.27. The van der Waals surface area contributed by atoms with E-state index >= 15 is 0 Å². The van der Waals surface area contributed by atoms with Crippen LogP contribution >= 0.6 is 0 Å². The average molecular weight is 412 g/mol. The predicted molar refractivity (Wildman–Crippen MR) is 114 cm³/mol. The summed E-state index contributed by atoms with van der Waals surface area (Å²) in [6, 6.07) is 11.8. The van der Waals surface area contributed by atoms with Crippen molar-refractivity contribution in [1.29, 1.82) is 0 Å². The Bertz CT molecular complexity index is 844. The van der Waals surface area contributed by atoms with Crippen molar-refractivity contribution in [2.45, 2.75) is 24.8 Å². The van der Waals surface area contributed by atoms with Gasteiger partial charge < -0.3 is 24.4 Å². The number of hydrogen-bond acceptors (Lipinski definition) is 6. The zero-order valence-electron chi connectivity index (χ0n) is 17.4. The third-order valence-corrected chi connectivity index (χ3v) is 6.04. The fourth-order valence-corrected chi connectivity index (χ4v) is 4.25. The molecule has 7 heteroatoms. The summed E-state index contributed by atoms with van der Waals surface area (Å²) < 4.78 is 16.3. The molecule has 0 unspecified atom stereocenters. The molecule has 0 aliphatic carbocycles. The third-order valence-electron chi connectivity index (χ3n) is 6.04. The summed E-state index contributed by atoms with van der Waals surface area (Å²) in [6.07, 6.45) is 3.12. The number of nitrogens with zero attached hydrogens (tertiary/aromatic N) is 2. The quantitative estimate of drug-likeness (QED) is 0.786. The van der Waals surface area contributed by atoms with E-state index in [1.165, 1.54) is 0 Å². The van der Waals surface area contributed by atoms with Crippen LogP contribution in [0.25, 0.3) is 0 Å². The zero-order chi connectivity index (χ0) is 20.8. The largest absolute Gasteiger partial charge is 0.497 e. The second-order valence-electron chi connectivity index (χ2n) is 7.69. The second kappa shape index (κ2) is 9.45. The van der Waals surface area contributed by atoms with Crippen LogP contribution in [0.5, 0.6) is 5.75 Å². The molecular weight excluding hydrogens is 382 g/mol. The molecule has 0 spiro atoms. The van der Waals surface area contributed by atoms with E-state index in [1.54, 1.807) is 13.3 Å². The first-order chi connectivity index (χ1) is 14.7. The summed E-state index contributed by atoms with van der Waals surface area (Å²) >= 11 is 0. The van der Waals surface area contributed by atoms with E-state index in [1.807, 2.05) is 36.4 Å². The highest BCUT2D eigenvalue weighted by Crippen LogP contribution is 2.36. The molecule has 4 rings (SSSR count). The Morgan fingerprint density at radius 3 is 2.50 bits per heavy atom. The minimum absolute atomic E-state index is 0.0350. The molecule has 3 heterocycles. The molecule has 1 N–H and O–H groups in total. The first kappa shape index (κ1) is 20.6. The topological polar surface area (TPSA) is 72.9 Å². The molecule has 1 amide bonds. The highest BCUT2D eigenvalue weighted by atomic mass is 16.5. The van der Waals surface area contributed by atoms with Crippen LogP contribution in [0.1, 0.15) is 24.0 Å². The summed E-state index contributed by atoms with van der Waals surface area (Å²) in [7, 11) is 1.64. The number of amides is 1. The van der Waals surface area contributed by atoms with E-state index < -0.39 is 5.41 Å². The number of methoxy groups -OCH3 is 1. The Morgan fingerprint density at radius 2 is 1.80 bits per heavy atom. The number of pyridine rings is 1. The summed E-state index contributed by atoms with van der Waals surface area (Å²) in [4.78, 5) is 20.3. The van der Waals surface area contributed by atoms with Gasteiger partial charge in [-0.1, -0.05) is 18.2 Å². The van der Waals surface area contributed by atoms with Crippen molar-refractivity contribution in [2.75, 3.05) is 51.5 Å². The minimum atomic E-state index is -0.591. The highest BCUT2D eigenvalue weighted by Gasteiger charge is 2.41. The van der Waals surface area contributed by atoms with Crippen molar-refractivity contribution in [2.24, 2.45) is 0 Å². The van der Waals surface area contributed by atoms with Crippen LogP contribution in [0.2, 0.25) is 0 Å². The maximum Gasteiger partial charge on any atom is 0.231 e. The van der Waals surface area contributed by atoms with Gasteiger partial charge >= 0.3 is 0 Å². The second-order valence-corrected chi connectivity index (χ2v) is 7.69. The normalized spacial score (nSPS) is 18.6. The van der Waals surface area contributed by atoms with Crippen LogP contribution in [0.3, 0.4) is 0 Å². The maximum absolute atomic E-state index is 13.5. The molecule has 1 aromatic heterocycles. The van der Waals surface area contributed by atoms with Crippen LogP contribution < -0.4 is 15.0 Å². The van der Waals surface area contributed by atoms with Gasteiger partial charge in [0.25, 0.3) is 0 Å². The molecule has 2 saturated heterocycles. The minimum Gasteiger partial charge on any atom is -0.497 e. The fourth-order valence-electron chi connectivity index (χ4n) is 4.25. The lowest BCUT2D eigenvalue weighted by Crippen LogP contribution is -2.48. The summed E-state index contributed by atoms with van der Waals surface area (Å²) in [5, 5.41) is 3.19. The first-order valence-corrected chi connectivity index (χ1v) is 10.5. The molecule has 30 heavy (non-hydrogen) atoms. The first-order valence-electron chi connectivity index (χ1n) is 10.5. The molecule has 0 bridgehead atoms. The Labute approximate surface area is 177 Å². The number of benzene rings is 1. The van der Waals surface area contributed by atoms with Crippen molar-refractivity contribution >= 4 is 11.7 Å². The number of carbonyl (C=O) groups excluding carboxylic acids is 1. The van der Waals surface area contributed by atoms with Gasteiger partial charge in [0.15, 0.2) is 0 Å². The summed E-state index contributed by atoms with van der Waals surface area (Å²) in [5.74, 6) is 1.74. The van der Waals surface area contributed by atoms with Crippen molar-refractivity contribution < 1.29 is 19.0 Å². The van der Waals surface area contributed by atoms with Gasteiger partial charge in [0.05, 0.1) is 25.7 Å². The molecule has 2 aliphatic rings. The van der Waals surface area contributed by atoms with Gasteiger partial charge in [0, 0.05) is 44.6 Å². The SMILES string of the molecule is COc1ccc(C2(C(=O)NCc3cccnc3N3CCOCC3)CCOCC2)cc1. The van der Waals surface area contributed by atoms with Crippen molar-refractivity contribution in [3.05, 3.63) is 53.7 Å².